The molecule has 18 heavy (non-hydrogen) atoms. The van der Waals surface area contributed by atoms with Crippen LogP contribution in [-0.2, 0) is 0 Å². The average Bonchev–Trinajstić information content (AvgIpc) is 2.35. The Morgan fingerprint density at radius 1 is 1.33 bits per heavy atom. The Bertz CT molecular complexity index is 235. The third-order valence-electron chi connectivity index (χ3n) is 3.86. The Kier molecular flexibility index (Phi) is 7.60. The number of nitrogens with one attached hydrogen (secondary N) is 1. The van der Waals surface area contributed by atoms with Crippen molar-refractivity contribution >= 4 is 0 Å². The highest BCUT2D eigenvalue weighted by Crippen LogP contribution is 2.12. The number of rotatable bonds is 7. The molecule has 1 rings (SSSR count). The van der Waals surface area contributed by atoms with Crippen molar-refractivity contribution in [1.82, 2.24) is 10.2 Å². The van der Waals surface area contributed by atoms with E-state index < -0.39 is 0 Å². The number of piperidine rings is 1. The summed E-state index contributed by atoms with van der Waals surface area (Å²) in [5, 5.41) is 3.80. The SMILES string of the molecule is CCCCC(C)NC1CCN(CC=C(C)C)CC1. The van der Waals surface area contributed by atoms with Crippen molar-refractivity contribution in [3.05, 3.63) is 11.6 Å². The van der Waals surface area contributed by atoms with Crippen LogP contribution in [0.1, 0.15) is 59.8 Å². The average molecular weight is 252 g/mol. The second-order valence-corrected chi connectivity index (χ2v) is 6.07. The molecule has 0 aliphatic carbocycles. The van der Waals surface area contributed by atoms with Gasteiger partial charge in [0.25, 0.3) is 0 Å². The molecule has 1 unspecified atom stereocenters. The maximum absolute atomic E-state index is 3.80. The minimum atomic E-state index is 0.694. The molecule has 0 aromatic heterocycles. The molecule has 2 nitrogen and oxygen atoms in total. The van der Waals surface area contributed by atoms with E-state index in [-0.39, 0.29) is 0 Å². The van der Waals surface area contributed by atoms with Gasteiger partial charge in [-0.1, -0.05) is 31.4 Å². The number of unbranched alkanes of at least 4 members (excludes halogenated alkanes) is 1. The second-order valence-electron chi connectivity index (χ2n) is 6.07. The first-order valence-corrected chi connectivity index (χ1v) is 7.73. The van der Waals surface area contributed by atoms with Gasteiger partial charge in [-0.2, -0.15) is 0 Å². The van der Waals surface area contributed by atoms with Crippen molar-refractivity contribution in [2.75, 3.05) is 19.6 Å². The summed E-state index contributed by atoms with van der Waals surface area (Å²) in [6, 6.07) is 1.44. The van der Waals surface area contributed by atoms with Crippen molar-refractivity contribution in [1.29, 1.82) is 0 Å². The summed E-state index contributed by atoms with van der Waals surface area (Å²) in [7, 11) is 0. The molecule has 0 spiro atoms. The van der Waals surface area contributed by atoms with Crippen LogP contribution in [0.25, 0.3) is 0 Å². The van der Waals surface area contributed by atoms with Crippen LogP contribution < -0.4 is 5.32 Å². The predicted octanol–water partition coefficient (Wildman–Crippen LogP) is 3.59. The normalized spacial score (nSPS) is 19.8. The zero-order valence-corrected chi connectivity index (χ0v) is 12.8. The summed E-state index contributed by atoms with van der Waals surface area (Å²) in [4.78, 5) is 2.57. The number of likely N-dealkylation sites (tertiary alicyclic amines) is 1. The molecule has 0 bridgehead atoms. The molecule has 1 atom stereocenters. The molecule has 0 aromatic carbocycles. The molecule has 2 heteroatoms. The number of nitrogens with zero attached hydrogens (tertiary/aromatic N) is 1. The van der Waals surface area contributed by atoms with E-state index in [0.717, 1.165) is 12.6 Å². The molecule has 0 aromatic rings. The third-order valence-corrected chi connectivity index (χ3v) is 3.86. The van der Waals surface area contributed by atoms with Crippen LogP contribution in [0.2, 0.25) is 0 Å². The van der Waals surface area contributed by atoms with Crippen LogP contribution in [0, 0.1) is 0 Å². The van der Waals surface area contributed by atoms with Crippen molar-refractivity contribution in [2.24, 2.45) is 0 Å². The van der Waals surface area contributed by atoms with Gasteiger partial charge in [0, 0.05) is 18.6 Å². The van der Waals surface area contributed by atoms with Gasteiger partial charge in [0.1, 0.15) is 0 Å². The van der Waals surface area contributed by atoms with Gasteiger partial charge in [0.2, 0.25) is 0 Å². The summed E-state index contributed by atoms with van der Waals surface area (Å²) in [5.41, 5.74) is 1.43. The highest BCUT2D eigenvalue weighted by Gasteiger charge is 2.19. The minimum absolute atomic E-state index is 0.694. The van der Waals surface area contributed by atoms with Crippen LogP contribution in [-0.4, -0.2) is 36.6 Å². The zero-order valence-electron chi connectivity index (χ0n) is 12.8. The van der Waals surface area contributed by atoms with E-state index in [1.807, 2.05) is 0 Å². The molecular weight excluding hydrogens is 220 g/mol. The van der Waals surface area contributed by atoms with Crippen LogP contribution in [0.3, 0.4) is 0 Å². The van der Waals surface area contributed by atoms with Gasteiger partial charge in [0.05, 0.1) is 0 Å². The molecule has 1 N–H and O–H groups in total. The standard InChI is InChI=1S/C16H32N2/c1-5-6-7-15(4)17-16-9-12-18(13-10-16)11-8-14(2)3/h8,15-17H,5-7,9-13H2,1-4H3. The molecular formula is C16H32N2. The Balaban J connectivity index is 2.16. The van der Waals surface area contributed by atoms with Gasteiger partial charge in [-0.25, -0.2) is 0 Å². The Hall–Kier alpha value is -0.340. The van der Waals surface area contributed by atoms with Crippen LogP contribution in [0.4, 0.5) is 0 Å². The second kappa shape index (κ2) is 8.71. The van der Waals surface area contributed by atoms with Crippen LogP contribution in [0.5, 0.6) is 0 Å². The number of hydrogen-bond donors (Lipinski definition) is 1. The molecule has 0 radical (unpaired) electrons. The first-order chi connectivity index (χ1) is 8.61. The topological polar surface area (TPSA) is 15.3 Å². The minimum Gasteiger partial charge on any atom is -0.311 e. The number of allylic oxidation sites excluding steroid dienone is 1. The summed E-state index contributed by atoms with van der Waals surface area (Å²) < 4.78 is 0. The van der Waals surface area contributed by atoms with E-state index in [1.54, 1.807) is 0 Å². The fourth-order valence-electron chi connectivity index (χ4n) is 2.59. The quantitative estimate of drug-likeness (QED) is 0.697. The van der Waals surface area contributed by atoms with Crippen molar-refractivity contribution in [3.63, 3.8) is 0 Å². The fourth-order valence-corrected chi connectivity index (χ4v) is 2.59. The largest absolute Gasteiger partial charge is 0.311 e. The fraction of sp³-hybridized carbons (Fsp3) is 0.875. The highest BCUT2D eigenvalue weighted by molar-refractivity contribution is 4.95. The molecule has 0 amide bonds. The Labute approximate surface area is 114 Å². The lowest BCUT2D eigenvalue weighted by Gasteiger charge is -2.33. The monoisotopic (exact) mass is 252 g/mol. The summed E-state index contributed by atoms with van der Waals surface area (Å²) in [5.74, 6) is 0. The smallest absolute Gasteiger partial charge is 0.0165 e. The van der Waals surface area contributed by atoms with E-state index in [4.69, 9.17) is 0 Å². The summed E-state index contributed by atoms with van der Waals surface area (Å²) >= 11 is 0. The van der Waals surface area contributed by atoms with Gasteiger partial charge in [-0.3, -0.25) is 4.90 Å². The molecule has 1 aliphatic heterocycles. The highest BCUT2D eigenvalue weighted by atomic mass is 15.1. The van der Waals surface area contributed by atoms with Crippen LogP contribution in [0.15, 0.2) is 11.6 Å². The van der Waals surface area contributed by atoms with Crippen molar-refractivity contribution in [3.8, 4) is 0 Å². The maximum atomic E-state index is 3.80. The van der Waals surface area contributed by atoms with E-state index >= 15 is 0 Å². The van der Waals surface area contributed by atoms with Gasteiger partial charge in [0.15, 0.2) is 0 Å². The molecule has 106 valence electrons. The van der Waals surface area contributed by atoms with Gasteiger partial charge in [-0.05, 0) is 53.1 Å². The molecule has 0 saturated carbocycles. The molecule has 1 fully saturated rings. The zero-order chi connectivity index (χ0) is 13.4. The van der Waals surface area contributed by atoms with E-state index in [1.165, 1.54) is 50.8 Å². The lowest BCUT2D eigenvalue weighted by atomic mass is 10.0. The first-order valence-electron chi connectivity index (χ1n) is 7.73. The van der Waals surface area contributed by atoms with E-state index in [0.29, 0.717) is 6.04 Å². The lowest BCUT2D eigenvalue weighted by molar-refractivity contribution is 0.206. The van der Waals surface area contributed by atoms with E-state index in [2.05, 4.69) is 44.0 Å². The first kappa shape index (κ1) is 15.7. The Morgan fingerprint density at radius 2 is 2.00 bits per heavy atom. The lowest BCUT2D eigenvalue weighted by Crippen LogP contribution is -2.45. The van der Waals surface area contributed by atoms with Gasteiger partial charge < -0.3 is 5.32 Å². The van der Waals surface area contributed by atoms with E-state index in [9.17, 15) is 0 Å². The molecule has 1 saturated heterocycles. The maximum Gasteiger partial charge on any atom is 0.0165 e. The van der Waals surface area contributed by atoms with Crippen LogP contribution >= 0.6 is 0 Å². The predicted molar refractivity (Wildman–Crippen MR) is 81.0 cm³/mol. The summed E-state index contributed by atoms with van der Waals surface area (Å²) in [6.45, 7) is 12.6. The van der Waals surface area contributed by atoms with Gasteiger partial charge in [-0.15, -0.1) is 0 Å². The third kappa shape index (κ3) is 6.55. The Morgan fingerprint density at radius 3 is 2.56 bits per heavy atom. The number of hydrogen-bond acceptors (Lipinski definition) is 2. The molecule has 1 heterocycles. The van der Waals surface area contributed by atoms with Crippen molar-refractivity contribution in [2.45, 2.75) is 71.9 Å². The van der Waals surface area contributed by atoms with Crippen molar-refractivity contribution < 1.29 is 0 Å². The summed E-state index contributed by atoms with van der Waals surface area (Å²) in [6.07, 6.45) is 8.97. The van der Waals surface area contributed by atoms with Gasteiger partial charge >= 0.3 is 0 Å². The molecule has 1 aliphatic rings.